The summed E-state index contributed by atoms with van der Waals surface area (Å²) >= 11 is 0. The van der Waals surface area contributed by atoms with Crippen LogP contribution in [-0.4, -0.2) is 21.3 Å². The Labute approximate surface area is 180 Å². The molecule has 0 aliphatic heterocycles. The van der Waals surface area contributed by atoms with E-state index in [0.717, 1.165) is 12.5 Å². The van der Waals surface area contributed by atoms with Crippen molar-refractivity contribution in [3.8, 4) is 23.3 Å². The third-order valence-electron chi connectivity index (χ3n) is 4.63. The van der Waals surface area contributed by atoms with Crippen molar-refractivity contribution in [2.45, 2.75) is 32.8 Å². The van der Waals surface area contributed by atoms with Crippen LogP contribution in [0.1, 0.15) is 43.1 Å². The van der Waals surface area contributed by atoms with Crippen LogP contribution in [0, 0.1) is 17.1 Å². The van der Waals surface area contributed by atoms with E-state index in [1.807, 2.05) is 26.8 Å². The minimum absolute atomic E-state index is 0.0676. The Morgan fingerprint density at radius 3 is 2.58 bits per heavy atom. The molecule has 7 nitrogen and oxygen atoms in total. The number of rotatable bonds is 7. The van der Waals surface area contributed by atoms with Crippen LogP contribution in [0.2, 0.25) is 0 Å². The summed E-state index contributed by atoms with van der Waals surface area (Å²) in [4.78, 5) is 12.8. The molecule has 160 valence electrons. The number of carbonyl (C=O) groups excluding carboxylic acids is 1. The Hall–Kier alpha value is -3.86. The van der Waals surface area contributed by atoms with Crippen molar-refractivity contribution >= 4 is 11.7 Å². The van der Waals surface area contributed by atoms with Crippen LogP contribution in [0.25, 0.3) is 0 Å². The highest BCUT2D eigenvalue weighted by Gasteiger charge is 2.20. The number of aryl methyl sites for hydroxylation is 1. The van der Waals surface area contributed by atoms with E-state index in [1.165, 1.54) is 18.2 Å². The van der Waals surface area contributed by atoms with Crippen LogP contribution in [0.15, 0.2) is 48.7 Å². The summed E-state index contributed by atoms with van der Waals surface area (Å²) in [6, 6.07) is 12.1. The number of nitriles is 1. The van der Waals surface area contributed by atoms with Gasteiger partial charge in [-0.15, -0.1) is 0 Å². The third kappa shape index (κ3) is 5.60. The summed E-state index contributed by atoms with van der Waals surface area (Å²) in [5.74, 6) is -0.138. The van der Waals surface area contributed by atoms with Gasteiger partial charge in [0.05, 0.1) is 11.6 Å². The Morgan fingerprint density at radius 1 is 1.23 bits per heavy atom. The summed E-state index contributed by atoms with van der Waals surface area (Å²) in [6.07, 6.45) is 2.44. The van der Waals surface area contributed by atoms with Crippen LogP contribution in [0.3, 0.4) is 0 Å². The number of nitrogens with zero attached hydrogens (tertiary/aromatic N) is 3. The maximum atomic E-state index is 14.3. The van der Waals surface area contributed by atoms with Gasteiger partial charge < -0.3 is 14.8 Å². The standard InChI is InChI=1S/C23H23FN4O3/c1-5-23(2,3)31-18-12-16(22(29)26-21-8-9-28(4)27-21)11-17(13-18)30-20-7-6-15(14-25)10-19(20)24/h6-13H,5H2,1-4H3,(H,26,27,29). The third-order valence-corrected chi connectivity index (χ3v) is 4.63. The number of hydrogen-bond donors (Lipinski definition) is 1. The topological polar surface area (TPSA) is 89.2 Å². The second-order valence-electron chi connectivity index (χ2n) is 7.60. The second-order valence-corrected chi connectivity index (χ2v) is 7.60. The molecule has 0 radical (unpaired) electrons. The lowest BCUT2D eigenvalue weighted by Crippen LogP contribution is -2.27. The van der Waals surface area contributed by atoms with Gasteiger partial charge in [-0.05, 0) is 50.6 Å². The zero-order valence-corrected chi connectivity index (χ0v) is 17.8. The van der Waals surface area contributed by atoms with Gasteiger partial charge >= 0.3 is 0 Å². The molecule has 3 aromatic rings. The highest BCUT2D eigenvalue weighted by molar-refractivity contribution is 6.04. The van der Waals surface area contributed by atoms with Gasteiger partial charge in [0.15, 0.2) is 17.4 Å². The van der Waals surface area contributed by atoms with Crippen LogP contribution < -0.4 is 14.8 Å². The molecule has 0 aliphatic carbocycles. The molecule has 1 amide bonds. The van der Waals surface area contributed by atoms with Crippen LogP contribution in [0.4, 0.5) is 10.2 Å². The van der Waals surface area contributed by atoms with Crippen molar-refractivity contribution in [3.63, 3.8) is 0 Å². The zero-order valence-electron chi connectivity index (χ0n) is 17.8. The smallest absolute Gasteiger partial charge is 0.257 e. The molecule has 0 spiro atoms. The van der Waals surface area contributed by atoms with Crippen molar-refractivity contribution in [2.24, 2.45) is 7.05 Å². The Kier molecular flexibility index (Phi) is 6.25. The molecule has 0 aliphatic rings. The maximum absolute atomic E-state index is 14.3. The van der Waals surface area contributed by atoms with E-state index in [2.05, 4.69) is 10.4 Å². The van der Waals surface area contributed by atoms with Gasteiger partial charge in [0, 0.05) is 30.9 Å². The maximum Gasteiger partial charge on any atom is 0.257 e. The summed E-state index contributed by atoms with van der Waals surface area (Å²) in [5, 5.41) is 15.7. The fourth-order valence-corrected chi connectivity index (χ4v) is 2.66. The quantitative estimate of drug-likeness (QED) is 0.576. The van der Waals surface area contributed by atoms with E-state index in [-0.39, 0.29) is 22.6 Å². The van der Waals surface area contributed by atoms with Crippen LogP contribution >= 0.6 is 0 Å². The first-order valence-corrected chi connectivity index (χ1v) is 9.71. The minimum Gasteiger partial charge on any atom is -0.488 e. The van der Waals surface area contributed by atoms with Gasteiger partial charge in [0.25, 0.3) is 5.91 Å². The highest BCUT2D eigenvalue weighted by Crippen LogP contribution is 2.32. The van der Waals surface area contributed by atoms with E-state index in [4.69, 9.17) is 14.7 Å². The Morgan fingerprint density at radius 2 is 1.97 bits per heavy atom. The first kappa shape index (κ1) is 21.8. The van der Waals surface area contributed by atoms with E-state index < -0.39 is 17.3 Å². The van der Waals surface area contributed by atoms with E-state index in [9.17, 15) is 9.18 Å². The molecular weight excluding hydrogens is 399 g/mol. The molecular formula is C23H23FN4O3. The van der Waals surface area contributed by atoms with Crippen molar-refractivity contribution in [3.05, 3.63) is 65.6 Å². The number of ether oxygens (including phenoxy) is 2. The Bertz CT molecular complexity index is 1150. The molecule has 0 saturated carbocycles. The monoisotopic (exact) mass is 422 g/mol. The number of halogens is 1. The molecule has 0 saturated heterocycles. The van der Waals surface area contributed by atoms with Gasteiger partial charge in [0.1, 0.15) is 17.1 Å². The molecule has 2 aromatic carbocycles. The lowest BCUT2D eigenvalue weighted by molar-refractivity contribution is 0.100. The number of anilines is 1. The van der Waals surface area contributed by atoms with E-state index in [1.54, 1.807) is 36.1 Å². The van der Waals surface area contributed by atoms with Crippen LogP contribution in [0.5, 0.6) is 17.2 Å². The minimum atomic E-state index is -0.682. The molecule has 31 heavy (non-hydrogen) atoms. The average molecular weight is 422 g/mol. The van der Waals surface area contributed by atoms with Crippen molar-refractivity contribution in [1.82, 2.24) is 9.78 Å². The molecule has 0 unspecified atom stereocenters. The number of nitrogens with one attached hydrogen (secondary N) is 1. The molecule has 1 N–H and O–H groups in total. The highest BCUT2D eigenvalue weighted by atomic mass is 19.1. The SMILES string of the molecule is CCC(C)(C)Oc1cc(Oc2ccc(C#N)cc2F)cc(C(=O)Nc2ccn(C)n2)c1. The molecule has 0 atom stereocenters. The molecule has 0 bridgehead atoms. The number of hydrogen-bond acceptors (Lipinski definition) is 5. The van der Waals surface area contributed by atoms with Gasteiger partial charge in [-0.1, -0.05) is 6.92 Å². The zero-order chi connectivity index (χ0) is 22.6. The molecule has 0 fully saturated rings. The summed E-state index contributed by atoms with van der Waals surface area (Å²) in [6.45, 7) is 5.84. The predicted octanol–water partition coefficient (Wildman–Crippen LogP) is 5.04. The summed E-state index contributed by atoms with van der Waals surface area (Å²) in [5.41, 5.74) is -0.0336. The molecule has 1 heterocycles. The van der Waals surface area contributed by atoms with Gasteiger partial charge in [-0.2, -0.15) is 10.4 Å². The van der Waals surface area contributed by atoms with Gasteiger partial charge in [-0.25, -0.2) is 4.39 Å². The lowest BCUT2D eigenvalue weighted by Gasteiger charge is -2.25. The van der Waals surface area contributed by atoms with Crippen molar-refractivity contribution in [1.29, 1.82) is 5.26 Å². The largest absolute Gasteiger partial charge is 0.488 e. The van der Waals surface area contributed by atoms with Gasteiger partial charge in [0.2, 0.25) is 0 Å². The molecule has 8 heteroatoms. The fraction of sp³-hybridized carbons (Fsp3) is 0.261. The molecule has 1 aromatic heterocycles. The number of carbonyl (C=O) groups is 1. The first-order valence-electron chi connectivity index (χ1n) is 9.71. The van der Waals surface area contributed by atoms with Gasteiger partial charge in [-0.3, -0.25) is 9.48 Å². The first-order chi connectivity index (χ1) is 14.7. The van der Waals surface area contributed by atoms with Crippen molar-refractivity contribution in [2.75, 3.05) is 5.32 Å². The van der Waals surface area contributed by atoms with Crippen molar-refractivity contribution < 1.29 is 18.7 Å². The predicted molar refractivity (Wildman–Crippen MR) is 114 cm³/mol. The summed E-state index contributed by atoms with van der Waals surface area (Å²) < 4.78 is 27.6. The summed E-state index contributed by atoms with van der Waals surface area (Å²) in [7, 11) is 1.75. The average Bonchev–Trinajstić information content (AvgIpc) is 3.13. The number of benzene rings is 2. The normalized spacial score (nSPS) is 11.0. The second kappa shape index (κ2) is 8.88. The fourth-order valence-electron chi connectivity index (χ4n) is 2.66. The Balaban J connectivity index is 1.94. The number of amides is 1. The number of aromatic nitrogens is 2. The van der Waals surface area contributed by atoms with E-state index in [0.29, 0.717) is 11.6 Å². The molecule has 3 rings (SSSR count). The van der Waals surface area contributed by atoms with E-state index >= 15 is 0 Å². The van der Waals surface area contributed by atoms with Crippen LogP contribution in [-0.2, 0) is 7.05 Å². The lowest BCUT2D eigenvalue weighted by atomic mass is 10.1.